The van der Waals surface area contributed by atoms with Crippen LogP contribution in [0.3, 0.4) is 0 Å². The Balaban J connectivity index is 1.50. The Morgan fingerprint density at radius 2 is 1.95 bits per heavy atom. The zero-order valence-electron chi connectivity index (χ0n) is 21.8. The van der Waals surface area contributed by atoms with Crippen molar-refractivity contribution in [1.82, 2.24) is 9.88 Å². The molecule has 1 aliphatic rings. The Morgan fingerprint density at radius 3 is 2.53 bits per heavy atom. The first kappa shape index (κ1) is 28.0. The summed E-state index contributed by atoms with van der Waals surface area (Å²) in [4.78, 5) is 17.9. The molecule has 0 saturated carbocycles. The van der Waals surface area contributed by atoms with Crippen molar-refractivity contribution in [1.29, 1.82) is 0 Å². The van der Waals surface area contributed by atoms with Crippen LogP contribution in [0.4, 0.5) is 9.93 Å². The SMILES string of the molecule is COc1ccc(CN(c2nccs2)S(=O)(=O)c2ccc(OC3CN(C(=O)OC(C)(C)C)C3)c(Cl)c2)c(C)c1. The number of amides is 1. The van der Waals surface area contributed by atoms with Gasteiger partial charge in [0, 0.05) is 11.6 Å². The lowest BCUT2D eigenvalue weighted by Gasteiger charge is -2.39. The quantitative estimate of drug-likeness (QED) is 0.347. The van der Waals surface area contributed by atoms with Gasteiger partial charge in [0.15, 0.2) is 5.13 Å². The molecule has 1 aliphatic heterocycles. The number of benzene rings is 2. The van der Waals surface area contributed by atoms with Crippen molar-refractivity contribution in [2.45, 2.75) is 50.8 Å². The highest BCUT2D eigenvalue weighted by Gasteiger charge is 2.36. The predicted octanol–water partition coefficient (Wildman–Crippen LogP) is 5.51. The van der Waals surface area contributed by atoms with Gasteiger partial charge in [0.1, 0.15) is 23.2 Å². The Bertz CT molecular complexity index is 1400. The smallest absolute Gasteiger partial charge is 0.410 e. The van der Waals surface area contributed by atoms with Crippen LogP contribution in [0, 0.1) is 6.92 Å². The summed E-state index contributed by atoms with van der Waals surface area (Å²) in [5, 5.41) is 2.22. The zero-order chi connectivity index (χ0) is 27.7. The van der Waals surface area contributed by atoms with E-state index in [4.69, 9.17) is 25.8 Å². The summed E-state index contributed by atoms with van der Waals surface area (Å²) in [6, 6.07) is 9.86. The van der Waals surface area contributed by atoms with Crippen LogP contribution < -0.4 is 13.8 Å². The van der Waals surface area contributed by atoms with Gasteiger partial charge in [-0.05, 0) is 69.2 Å². The molecule has 1 fully saturated rings. The number of halogens is 1. The van der Waals surface area contributed by atoms with Crippen LogP contribution in [0.15, 0.2) is 52.9 Å². The molecular formula is C26H30ClN3O6S2. The minimum atomic E-state index is -4.01. The fraction of sp³-hybridized carbons (Fsp3) is 0.385. The van der Waals surface area contributed by atoms with Crippen LogP contribution >= 0.6 is 22.9 Å². The molecule has 38 heavy (non-hydrogen) atoms. The second-order valence-electron chi connectivity index (χ2n) is 9.84. The molecule has 1 amide bonds. The van der Waals surface area contributed by atoms with Crippen LogP contribution in [0.2, 0.25) is 5.02 Å². The number of rotatable bonds is 8. The van der Waals surface area contributed by atoms with Crippen LogP contribution in [0.1, 0.15) is 31.9 Å². The largest absolute Gasteiger partial charge is 0.497 e. The van der Waals surface area contributed by atoms with Gasteiger partial charge < -0.3 is 19.1 Å². The Kier molecular flexibility index (Phi) is 8.10. The standard InChI is InChI=1S/C26H30ClN3O6S2/c1-17-12-19(34-5)7-6-18(17)14-30(24-28-10-11-37-24)38(32,33)21-8-9-23(22(27)13-21)35-20-15-29(16-20)25(31)36-26(2,3)4/h6-13,20H,14-16H2,1-5H3. The number of likely N-dealkylation sites (tertiary alicyclic amines) is 1. The van der Waals surface area contributed by atoms with Crippen molar-refractivity contribution in [2.24, 2.45) is 0 Å². The molecule has 0 atom stereocenters. The average molecular weight is 580 g/mol. The molecular weight excluding hydrogens is 550 g/mol. The number of methoxy groups -OCH3 is 1. The van der Waals surface area contributed by atoms with Crippen molar-refractivity contribution in [3.8, 4) is 11.5 Å². The molecule has 0 aliphatic carbocycles. The molecule has 0 spiro atoms. The van der Waals surface area contributed by atoms with E-state index >= 15 is 0 Å². The lowest BCUT2D eigenvalue weighted by atomic mass is 10.1. The van der Waals surface area contributed by atoms with Crippen molar-refractivity contribution in [3.63, 3.8) is 0 Å². The Hall–Kier alpha value is -3.02. The number of hydrogen-bond donors (Lipinski definition) is 0. The summed E-state index contributed by atoms with van der Waals surface area (Å²) in [6.45, 7) is 8.11. The van der Waals surface area contributed by atoms with Crippen LogP contribution in [-0.2, 0) is 21.3 Å². The van der Waals surface area contributed by atoms with E-state index < -0.39 is 21.7 Å². The summed E-state index contributed by atoms with van der Waals surface area (Å²) >= 11 is 7.68. The molecule has 4 rings (SSSR count). The number of nitrogens with zero attached hydrogens (tertiary/aromatic N) is 3. The molecule has 12 heteroatoms. The molecule has 3 aromatic rings. The first-order valence-electron chi connectivity index (χ1n) is 11.9. The third kappa shape index (κ3) is 6.33. The van der Waals surface area contributed by atoms with Gasteiger partial charge in [-0.3, -0.25) is 0 Å². The van der Waals surface area contributed by atoms with E-state index in [-0.39, 0.29) is 22.6 Å². The number of aromatic nitrogens is 1. The van der Waals surface area contributed by atoms with Gasteiger partial charge in [0.25, 0.3) is 10.0 Å². The zero-order valence-corrected chi connectivity index (χ0v) is 24.2. The number of aryl methyl sites for hydroxylation is 1. The van der Waals surface area contributed by atoms with Gasteiger partial charge >= 0.3 is 6.09 Å². The lowest BCUT2D eigenvalue weighted by Crippen LogP contribution is -2.57. The maximum Gasteiger partial charge on any atom is 0.410 e. The van der Waals surface area contributed by atoms with Crippen LogP contribution in [-0.4, -0.2) is 56.3 Å². The van der Waals surface area contributed by atoms with Gasteiger partial charge in [-0.1, -0.05) is 17.7 Å². The van der Waals surface area contributed by atoms with Crippen molar-refractivity contribution in [2.75, 3.05) is 24.5 Å². The highest BCUT2D eigenvalue weighted by atomic mass is 35.5. The molecule has 2 aromatic carbocycles. The normalized spacial score (nSPS) is 14.1. The molecule has 0 bridgehead atoms. The number of sulfonamides is 1. The molecule has 1 aromatic heterocycles. The van der Waals surface area contributed by atoms with Crippen molar-refractivity contribution in [3.05, 3.63) is 64.1 Å². The summed E-state index contributed by atoms with van der Waals surface area (Å²) in [5.74, 6) is 1.03. The summed E-state index contributed by atoms with van der Waals surface area (Å²) in [7, 11) is -2.43. The maximum absolute atomic E-state index is 13.8. The third-order valence-electron chi connectivity index (χ3n) is 5.78. The third-order valence-corrected chi connectivity index (χ3v) is 8.72. The number of thiazole rings is 1. The number of ether oxygens (including phenoxy) is 3. The topological polar surface area (TPSA) is 98.3 Å². The number of anilines is 1. The van der Waals surface area contributed by atoms with Gasteiger partial charge in [-0.25, -0.2) is 22.5 Å². The predicted molar refractivity (Wildman–Crippen MR) is 147 cm³/mol. The van der Waals surface area contributed by atoms with E-state index in [0.29, 0.717) is 29.7 Å². The number of hydrogen-bond acceptors (Lipinski definition) is 8. The number of carbonyl (C=O) groups is 1. The lowest BCUT2D eigenvalue weighted by molar-refractivity contribution is -0.0221. The molecule has 204 valence electrons. The molecule has 0 unspecified atom stereocenters. The highest BCUT2D eigenvalue weighted by Crippen LogP contribution is 2.34. The first-order chi connectivity index (χ1) is 17.9. The minimum absolute atomic E-state index is 0.0141. The van der Waals surface area contributed by atoms with E-state index in [2.05, 4.69) is 4.98 Å². The fourth-order valence-corrected chi connectivity index (χ4v) is 6.34. The molecule has 0 N–H and O–H groups in total. The maximum atomic E-state index is 13.8. The first-order valence-corrected chi connectivity index (χ1v) is 14.6. The van der Waals surface area contributed by atoms with Gasteiger partial charge in [-0.15, -0.1) is 11.3 Å². The molecule has 1 saturated heterocycles. The average Bonchev–Trinajstić information content (AvgIpc) is 3.34. The fourth-order valence-electron chi connectivity index (χ4n) is 3.75. The number of carbonyl (C=O) groups excluding carboxylic acids is 1. The van der Waals surface area contributed by atoms with E-state index in [9.17, 15) is 13.2 Å². The highest BCUT2D eigenvalue weighted by molar-refractivity contribution is 7.93. The monoisotopic (exact) mass is 579 g/mol. The Labute approximate surface area is 232 Å². The summed E-state index contributed by atoms with van der Waals surface area (Å²) in [6.07, 6.45) is 0.888. The van der Waals surface area contributed by atoms with Gasteiger partial charge in [0.2, 0.25) is 0 Å². The van der Waals surface area contributed by atoms with E-state index in [1.807, 2.05) is 39.8 Å². The van der Waals surface area contributed by atoms with Crippen LogP contribution in [0.25, 0.3) is 0 Å². The molecule has 2 heterocycles. The summed E-state index contributed by atoms with van der Waals surface area (Å²) in [5.41, 5.74) is 1.13. The summed E-state index contributed by atoms with van der Waals surface area (Å²) < 4.78 is 45.3. The van der Waals surface area contributed by atoms with E-state index in [1.54, 1.807) is 24.8 Å². The van der Waals surface area contributed by atoms with Crippen molar-refractivity contribution < 1.29 is 27.4 Å². The minimum Gasteiger partial charge on any atom is -0.497 e. The molecule has 9 nitrogen and oxygen atoms in total. The van der Waals surface area contributed by atoms with Gasteiger partial charge in [-0.2, -0.15) is 0 Å². The Morgan fingerprint density at radius 1 is 1.21 bits per heavy atom. The van der Waals surface area contributed by atoms with Crippen LogP contribution in [0.5, 0.6) is 11.5 Å². The second-order valence-corrected chi connectivity index (χ2v) is 13.0. The van der Waals surface area contributed by atoms with Gasteiger partial charge in [0.05, 0.1) is 36.7 Å². The van der Waals surface area contributed by atoms with E-state index in [0.717, 1.165) is 11.1 Å². The second kappa shape index (κ2) is 11.0. The van der Waals surface area contributed by atoms with Crippen molar-refractivity contribution >= 4 is 44.2 Å². The molecule has 0 radical (unpaired) electrons. The van der Waals surface area contributed by atoms with E-state index in [1.165, 1.54) is 38.7 Å².